The lowest BCUT2D eigenvalue weighted by molar-refractivity contribution is 0.499. The molecule has 0 aliphatic carbocycles. The summed E-state index contributed by atoms with van der Waals surface area (Å²) in [5, 5.41) is 4.22. The molecule has 2 aromatic rings. The number of hydrogen-bond donors (Lipinski definition) is 2. The highest BCUT2D eigenvalue weighted by molar-refractivity contribution is 7.05. The van der Waals surface area contributed by atoms with Gasteiger partial charge in [0, 0.05) is 0 Å². The molecule has 2 rings (SSSR count). The van der Waals surface area contributed by atoms with E-state index in [1.54, 1.807) is 0 Å². The third-order valence-corrected chi connectivity index (χ3v) is 4.26. The number of nitrogens with one attached hydrogen (secondary N) is 1. The lowest BCUT2D eigenvalue weighted by atomic mass is 10.0. The van der Waals surface area contributed by atoms with Gasteiger partial charge in [0.2, 0.25) is 0 Å². The van der Waals surface area contributed by atoms with Gasteiger partial charge in [0.15, 0.2) is 0 Å². The second-order valence-electron chi connectivity index (χ2n) is 5.27. The molecule has 108 valence electrons. The summed E-state index contributed by atoms with van der Waals surface area (Å²) in [7, 11) is 0. The van der Waals surface area contributed by atoms with E-state index in [1.807, 2.05) is 6.07 Å². The first-order valence-corrected chi connectivity index (χ1v) is 7.82. The molecule has 0 bridgehead atoms. The van der Waals surface area contributed by atoms with Crippen molar-refractivity contribution in [3.05, 3.63) is 46.5 Å². The van der Waals surface area contributed by atoms with Crippen molar-refractivity contribution in [2.45, 2.75) is 45.1 Å². The first-order chi connectivity index (χ1) is 9.72. The average Bonchev–Trinajstić information content (AvgIpc) is 2.94. The Kier molecular flexibility index (Phi) is 5.64. The topological polar surface area (TPSA) is 63.8 Å². The molecule has 1 aromatic heterocycles. The van der Waals surface area contributed by atoms with E-state index in [0.29, 0.717) is 5.92 Å². The molecule has 0 aliphatic rings. The molecule has 1 heterocycles. The van der Waals surface area contributed by atoms with Gasteiger partial charge in [0.05, 0.1) is 16.6 Å². The molecule has 0 spiro atoms. The fourth-order valence-corrected chi connectivity index (χ4v) is 3.19. The Balaban J connectivity index is 1.94. The number of aryl methyl sites for hydroxylation is 1. The highest BCUT2D eigenvalue weighted by Gasteiger charge is 2.19. The average molecular weight is 290 g/mol. The molecule has 1 atom stereocenters. The number of nitrogens with zero attached hydrogens (tertiary/aromatic N) is 2. The van der Waals surface area contributed by atoms with Crippen LogP contribution in [0.2, 0.25) is 0 Å². The molecule has 0 aliphatic heterocycles. The van der Waals surface area contributed by atoms with Crippen molar-refractivity contribution in [1.82, 2.24) is 15.0 Å². The Hall–Kier alpha value is -1.30. The van der Waals surface area contributed by atoms with Crippen molar-refractivity contribution >= 4 is 11.5 Å². The Labute approximate surface area is 124 Å². The van der Waals surface area contributed by atoms with Crippen molar-refractivity contribution in [3.63, 3.8) is 0 Å². The molecule has 1 unspecified atom stereocenters. The van der Waals surface area contributed by atoms with Crippen LogP contribution in [0.15, 0.2) is 30.3 Å². The second-order valence-corrected chi connectivity index (χ2v) is 6.06. The molecule has 0 radical (unpaired) electrons. The monoisotopic (exact) mass is 290 g/mol. The highest BCUT2D eigenvalue weighted by Crippen LogP contribution is 2.28. The van der Waals surface area contributed by atoms with Crippen LogP contribution in [0.3, 0.4) is 0 Å². The summed E-state index contributed by atoms with van der Waals surface area (Å²) in [6.45, 7) is 4.27. The molecule has 4 nitrogen and oxygen atoms in total. The van der Waals surface area contributed by atoms with E-state index < -0.39 is 0 Å². The first kappa shape index (κ1) is 15.1. The molecule has 0 saturated heterocycles. The van der Waals surface area contributed by atoms with Crippen LogP contribution in [-0.4, -0.2) is 9.59 Å². The summed E-state index contributed by atoms with van der Waals surface area (Å²) in [5.74, 6) is 6.10. The smallest absolute Gasteiger partial charge is 0.0829 e. The van der Waals surface area contributed by atoms with Crippen LogP contribution in [0.4, 0.5) is 0 Å². The fraction of sp³-hybridized carbons (Fsp3) is 0.467. The summed E-state index contributed by atoms with van der Waals surface area (Å²) in [4.78, 5) is 1.18. The van der Waals surface area contributed by atoms with E-state index in [2.05, 4.69) is 53.1 Å². The highest BCUT2D eigenvalue weighted by atomic mass is 32.1. The summed E-state index contributed by atoms with van der Waals surface area (Å²) in [6.07, 6.45) is 3.16. The van der Waals surface area contributed by atoms with Gasteiger partial charge in [-0.25, -0.2) is 0 Å². The van der Waals surface area contributed by atoms with Gasteiger partial charge in [-0.3, -0.25) is 11.3 Å². The van der Waals surface area contributed by atoms with Crippen molar-refractivity contribution < 1.29 is 0 Å². The van der Waals surface area contributed by atoms with E-state index in [1.165, 1.54) is 22.0 Å². The van der Waals surface area contributed by atoms with Gasteiger partial charge in [-0.15, -0.1) is 5.10 Å². The Morgan fingerprint density at radius 3 is 2.65 bits per heavy atom. The van der Waals surface area contributed by atoms with E-state index in [0.717, 1.165) is 25.0 Å². The normalized spacial score (nSPS) is 12.8. The van der Waals surface area contributed by atoms with Crippen LogP contribution in [0.25, 0.3) is 0 Å². The predicted octanol–water partition coefficient (Wildman–Crippen LogP) is 3.19. The molecule has 3 N–H and O–H groups in total. The van der Waals surface area contributed by atoms with Crippen LogP contribution in [0.1, 0.15) is 54.8 Å². The minimum absolute atomic E-state index is 0.149. The maximum Gasteiger partial charge on any atom is 0.0829 e. The Bertz CT molecular complexity index is 510. The molecule has 0 amide bonds. The zero-order chi connectivity index (χ0) is 14.4. The third kappa shape index (κ3) is 3.85. The quantitative estimate of drug-likeness (QED) is 0.607. The van der Waals surface area contributed by atoms with Gasteiger partial charge >= 0.3 is 0 Å². The number of rotatable bonds is 7. The molecular formula is C15H22N4S. The zero-order valence-electron chi connectivity index (χ0n) is 12.0. The fourth-order valence-electron chi connectivity index (χ4n) is 2.29. The lowest BCUT2D eigenvalue weighted by Crippen LogP contribution is -2.28. The minimum atomic E-state index is 0.149. The SMILES string of the molecule is CC(C)c1nnsc1C(CCCc1ccccc1)NN. The van der Waals surface area contributed by atoms with E-state index in [4.69, 9.17) is 5.84 Å². The van der Waals surface area contributed by atoms with Crippen molar-refractivity contribution in [2.75, 3.05) is 0 Å². The van der Waals surface area contributed by atoms with Crippen LogP contribution in [0.5, 0.6) is 0 Å². The van der Waals surface area contributed by atoms with Crippen molar-refractivity contribution in [1.29, 1.82) is 0 Å². The summed E-state index contributed by atoms with van der Waals surface area (Å²) in [5.41, 5.74) is 5.35. The summed E-state index contributed by atoms with van der Waals surface area (Å²) >= 11 is 1.45. The maximum atomic E-state index is 5.71. The number of aromatic nitrogens is 2. The number of hydrazine groups is 1. The van der Waals surface area contributed by atoms with Crippen LogP contribution in [-0.2, 0) is 6.42 Å². The van der Waals surface area contributed by atoms with E-state index in [9.17, 15) is 0 Å². The van der Waals surface area contributed by atoms with Crippen LogP contribution < -0.4 is 11.3 Å². The van der Waals surface area contributed by atoms with Gasteiger partial charge in [0.25, 0.3) is 0 Å². The molecule has 20 heavy (non-hydrogen) atoms. The molecule has 1 aromatic carbocycles. The second kappa shape index (κ2) is 7.47. The van der Waals surface area contributed by atoms with Crippen LogP contribution in [0, 0.1) is 0 Å². The molecular weight excluding hydrogens is 268 g/mol. The molecule has 0 fully saturated rings. The minimum Gasteiger partial charge on any atom is -0.271 e. The van der Waals surface area contributed by atoms with Crippen molar-refractivity contribution in [3.8, 4) is 0 Å². The molecule has 5 heteroatoms. The Morgan fingerprint density at radius 2 is 2.00 bits per heavy atom. The van der Waals surface area contributed by atoms with Gasteiger partial charge in [-0.1, -0.05) is 48.7 Å². The summed E-state index contributed by atoms with van der Waals surface area (Å²) < 4.78 is 4.07. The van der Waals surface area contributed by atoms with E-state index >= 15 is 0 Å². The lowest BCUT2D eigenvalue weighted by Gasteiger charge is -2.16. The van der Waals surface area contributed by atoms with E-state index in [-0.39, 0.29) is 6.04 Å². The maximum absolute atomic E-state index is 5.71. The summed E-state index contributed by atoms with van der Waals surface area (Å²) in [6, 6.07) is 10.7. The largest absolute Gasteiger partial charge is 0.271 e. The predicted molar refractivity (Wildman–Crippen MR) is 83.4 cm³/mol. The van der Waals surface area contributed by atoms with Crippen molar-refractivity contribution in [2.24, 2.45) is 5.84 Å². The van der Waals surface area contributed by atoms with Gasteiger partial charge in [0.1, 0.15) is 0 Å². The molecule has 0 saturated carbocycles. The van der Waals surface area contributed by atoms with Gasteiger partial charge < -0.3 is 0 Å². The third-order valence-electron chi connectivity index (χ3n) is 3.41. The van der Waals surface area contributed by atoms with Gasteiger partial charge in [-0.2, -0.15) is 0 Å². The number of hydrogen-bond acceptors (Lipinski definition) is 5. The van der Waals surface area contributed by atoms with Gasteiger partial charge in [-0.05, 0) is 42.3 Å². The first-order valence-electron chi connectivity index (χ1n) is 7.04. The zero-order valence-corrected chi connectivity index (χ0v) is 12.9. The number of benzene rings is 1. The Morgan fingerprint density at radius 1 is 1.25 bits per heavy atom. The number of nitrogens with two attached hydrogens (primary N) is 1. The standard InChI is InChI=1S/C15H22N4S/c1-11(2)14-15(20-19-18-14)13(17-16)10-6-9-12-7-4-3-5-8-12/h3-5,7-8,11,13,17H,6,9-10,16H2,1-2H3. The van der Waals surface area contributed by atoms with Crippen LogP contribution >= 0.6 is 11.5 Å².